The maximum Gasteiger partial charge on any atom is 0.164 e. The number of aromatic nitrogens is 3. The van der Waals surface area contributed by atoms with Gasteiger partial charge in [0.15, 0.2) is 15.7 Å². The lowest BCUT2D eigenvalue weighted by Gasteiger charge is -2.01. The minimum absolute atomic E-state index is 0.101. The number of nitrogens with one attached hydrogen (secondary N) is 1. The Kier molecular flexibility index (Phi) is 6.23. The van der Waals surface area contributed by atoms with E-state index in [0.717, 1.165) is 6.54 Å². The van der Waals surface area contributed by atoms with Gasteiger partial charge in [0.2, 0.25) is 0 Å². The number of ether oxygens (including phenoxy) is 1. The number of hydrogen-bond donors (Lipinski definition) is 1. The molecular weight excluding hydrogens is 256 g/mol. The molecule has 18 heavy (non-hydrogen) atoms. The van der Waals surface area contributed by atoms with Crippen LogP contribution in [0.2, 0.25) is 0 Å². The second-order valence-corrected chi connectivity index (χ2v) is 6.30. The Labute approximate surface area is 107 Å². The summed E-state index contributed by atoms with van der Waals surface area (Å²) in [6.45, 7) is 3.91. The molecule has 1 heterocycles. The molecule has 0 bridgehead atoms. The van der Waals surface area contributed by atoms with Gasteiger partial charge in [0.1, 0.15) is 6.33 Å². The van der Waals surface area contributed by atoms with Gasteiger partial charge in [-0.2, -0.15) is 5.10 Å². The number of sulfone groups is 1. The van der Waals surface area contributed by atoms with Gasteiger partial charge in [-0.1, -0.05) is 6.92 Å². The molecule has 0 saturated carbocycles. The van der Waals surface area contributed by atoms with Gasteiger partial charge in [0, 0.05) is 19.4 Å². The molecule has 0 radical (unpaired) electrons. The average molecular weight is 276 g/mol. The van der Waals surface area contributed by atoms with Crippen LogP contribution >= 0.6 is 0 Å². The highest BCUT2D eigenvalue weighted by Crippen LogP contribution is 1.94. The maximum absolute atomic E-state index is 11.3. The third kappa shape index (κ3) is 5.56. The molecule has 104 valence electrons. The summed E-state index contributed by atoms with van der Waals surface area (Å²) in [5.74, 6) is 0.913. The zero-order valence-corrected chi connectivity index (χ0v) is 11.6. The molecule has 0 atom stereocenters. The van der Waals surface area contributed by atoms with Gasteiger partial charge in [-0.3, -0.25) is 4.68 Å². The minimum atomic E-state index is -2.95. The molecule has 0 aromatic carbocycles. The van der Waals surface area contributed by atoms with E-state index in [9.17, 15) is 8.42 Å². The summed E-state index contributed by atoms with van der Waals surface area (Å²) in [5.41, 5.74) is 0. The molecule has 0 aliphatic heterocycles. The van der Waals surface area contributed by atoms with Crippen molar-refractivity contribution in [3.8, 4) is 0 Å². The minimum Gasteiger partial charge on any atom is -0.383 e. The van der Waals surface area contributed by atoms with Gasteiger partial charge in [-0.15, -0.1) is 0 Å². The van der Waals surface area contributed by atoms with Crippen LogP contribution in [0.3, 0.4) is 0 Å². The topological polar surface area (TPSA) is 86.1 Å². The summed E-state index contributed by atoms with van der Waals surface area (Å²) in [4.78, 5) is 4.09. The maximum atomic E-state index is 11.3. The highest BCUT2D eigenvalue weighted by molar-refractivity contribution is 7.91. The van der Waals surface area contributed by atoms with Gasteiger partial charge >= 0.3 is 0 Å². The summed E-state index contributed by atoms with van der Waals surface area (Å²) in [5, 5.41) is 7.30. The fraction of sp³-hybridized carbons (Fsp3) is 0.800. The number of rotatable bonds is 9. The SMILES string of the molecule is CCS(=O)(=O)CCn1cnc(CNCCOC)n1. The number of aryl methyl sites for hydroxylation is 1. The molecule has 1 N–H and O–H groups in total. The molecule has 0 unspecified atom stereocenters. The Morgan fingerprint density at radius 3 is 2.94 bits per heavy atom. The largest absolute Gasteiger partial charge is 0.383 e. The zero-order chi connectivity index (χ0) is 13.4. The van der Waals surface area contributed by atoms with E-state index in [-0.39, 0.29) is 11.5 Å². The quantitative estimate of drug-likeness (QED) is 0.609. The summed E-state index contributed by atoms with van der Waals surface area (Å²) in [6, 6.07) is 0. The third-order valence-electron chi connectivity index (χ3n) is 2.42. The molecule has 0 aliphatic rings. The zero-order valence-electron chi connectivity index (χ0n) is 10.8. The molecular formula is C10H20N4O3S. The lowest BCUT2D eigenvalue weighted by molar-refractivity contribution is 0.199. The Balaban J connectivity index is 2.34. The van der Waals surface area contributed by atoms with Crippen molar-refractivity contribution in [2.45, 2.75) is 20.0 Å². The molecule has 0 amide bonds. The van der Waals surface area contributed by atoms with Crippen molar-refractivity contribution < 1.29 is 13.2 Å². The fourth-order valence-corrected chi connectivity index (χ4v) is 2.03. The lowest BCUT2D eigenvalue weighted by Crippen LogP contribution is -2.19. The predicted molar refractivity (Wildman–Crippen MR) is 67.9 cm³/mol. The van der Waals surface area contributed by atoms with Crippen LogP contribution in [-0.2, 0) is 27.7 Å². The van der Waals surface area contributed by atoms with Crippen LogP contribution in [-0.4, -0.2) is 54.9 Å². The van der Waals surface area contributed by atoms with E-state index in [1.807, 2.05) is 0 Å². The standard InChI is InChI=1S/C10H20N4O3S/c1-3-18(15,16)7-5-14-9-12-10(13-14)8-11-4-6-17-2/h9,11H,3-8H2,1-2H3. The van der Waals surface area contributed by atoms with Crippen molar-refractivity contribution in [2.75, 3.05) is 31.8 Å². The Bertz CT molecular complexity index is 444. The summed E-state index contributed by atoms with van der Waals surface area (Å²) in [7, 11) is -1.31. The van der Waals surface area contributed by atoms with E-state index in [4.69, 9.17) is 4.74 Å². The highest BCUT2D eigenvalue weighted by atomic mass is 32.2. The molecule has 0 saturated heterocycles. The van der Waals surface area contributed by atoms with Gasteiger partial charge in [0.25, 0.3) is 0 Å². The molecule has 1 aromatic heterocycles. The molecule has 7 nitrogen and oxygen atoms in total. The molecule has 0 aliphatic carbocycles. The van der Waals surface area contributed by atoms with Crippen molar-refractivity contribution in [2.24, 2.45) is 0 Å². The number of methoxy groups -OCH3 is 1. The Hall–Kier alpha value is -0.990. The van der Waals surface area contributed by atoms with Crippen LogP contribution in [0.25, 0.3) is 0 Å². The van der Waals surface area contributed by atoms with E-state index in [2.05, 4.69) is 15.4 Å². The van der Waals surface area contributed by atoms with Crippen molar-refractivity contribution in [3.63, 3.8) is 0 Å². The van der Waals surface area contributed by atoms with Crippen LogP contribution in [0.4, 0.5) is 0 Å². The van der Waals surface area contributed by atoms with Crippen molar-refractivity contribution >= 4 is 9.84 Å². The van der Waals surface area contributed by atoms with Crippen LogP contribution in [0, 0.1) is 0 Å². The predicted octanol–water partition coefficient (Wildman–Crippen LogP) is -0.551. The smallest absolute Gasteiger partial charge is 0.164 e. The van der Waals surface area contributed by atoms with E-state index in [1.165, 1.54) is 0 Å². The molecule has 0 spiro atoms. The third-order valence-corrected chi connectivity index (χ3v) is 4.11. The van der Waals surface area contributed by atoms with Crippen LogP contribution in [0.1, 0.15) is 12.7 Å². The van der Waals surface area contributed by atoms with Crippen molar-refractivity contribution in [3.05, 3.63) is 12.2 Å². The first-order valence-corrected chi connectivity index (χ1v) is 7.68. The molecule has 8 heteroatoms. The first-order chi connectivity index (χ1) is 8.57. The van der Waals surface area contributed by atoms with Crippen LogP contribution in [0.5, 0.6) is 0 Å². The van der Waals surface area contributed by atoms with Crippen molar-refractivity contribution in [1.82, 2.24) is 20.1 Å². The summed E-state index contributed by atoms with van der Waals surface area (Å²) < 4.78 is 29.1. The van der Waals surface area contributed by atoms with Crippen LogP contribution in [0.15, 0.2) is 6.33 Å². The van der Waals surface area contributed by atoms with Gasteiger partial charge in [-0.05, 0) is 0 Å². The Morgan fingerprint density at radius 2 is 2.28 bits per heavy atom. The van der Waals surface area contributed by atoms with Gasteiger partial charge in [0.05, 0.1) is 25.4 Å². The fourth-order valence-electron chi connectivity index (χ4n) is 1.27. The number of nitrogens with zero attached hydrogens (tertiary/aromatic N) is 3. The molecule has 0 fully saturated rings. The molecule has 1 rings (SSSR count). The summed E-state index contributed by atoms with van der Waals surface area (Å²) >= 11 is 0. The lowest BCUT2D eigenvalue weighted by atomic mass is 10.5. The van der Waals surface area contributed by atoms with Crippen molar-refractivity contribution in [1.29, 1.82) is 0 Å². The Morgan fingerprint density at radius 1 is 1.50 bits per heavy atom. The summed E-state index contributed by atoms with van der Waals surface area (Å²) in [6.07, 6.45) is 1.55. The monoisotopic (exact) mass is 276 g/mol. The van der Waals surface area contributed by atoms with E-state index in [1.54, 1.807) is 25.0 Å². The second kappa shape index (κ2) is 7.45. The second-order valence-electron chi connectivity index (χ2n) is 3.83. The first kappa shape index (κ1) is 15.1. The average Bonchev–Trinajstić information content (AvgIpc) is 2.80. The first-order valence-electron chi connectivity index (χ1n) is 5.86. The van der Waals surface area contributed by atoms with E-state index in [0.29, 0.717) is 25.5 Å². The van der Waals surface area contributed by atoms with E-state index < -0.39 is 9.84 Å². The molecule has 1 aromatic rings. The number of hydrogen-bond acceptors (Lipinski definition) is 6. The van der Waals surface area contributed by atoms with Gasteiger partial charge in [-0.25, -0.2) is 13.4 Å². The van der Waals surface area contributed by atoms with Gasteiger partial charge < -0.3 is 10.1 Å². The highest BCUT2D eigenvalue weighted by Gasteiger charge is 2.08. The normalized spacial score (nSPS) is 11.9. The van der Waals surface area contributed by atoms with E-state index >= 15 is 0 Å². The van der Waals surface area contributed by atoms with Crippen LogP contribution < -0.4 is 5.32 Å².